The lowest BCUT2D eigenvalue weighted by molar-refractivity contribution is 0.0992. The molecule has 0 radical (unpaired) electrons. The summed E-state index contributed by atoms with van der Waals surface area (Å²) in [7, 11) is 0. The number of hydrogen-bond acceptors (Lipinski definition) is 1. The zero-order chi connectivity index (χ0) is 14.0. The van der Waals surface area contributed by atoms with E-state index in [-0.39, 0.29) is 12.2 Å². The molecule has 0 saturated heterocycles. The van der Waals surface area contributed by atoms with Crippen molar-refractivity contribution in [2.24, 2.45) is 0 Å². The molecule has 98 valence electrons. The zero-order valence-electron chi connectivity index (χ0n) is 9.59. The van der Waals surface area contributed by atoms with Crippen LogP contribution in [0.2, 0.25) is 10.0 Å². The molecule has 0 bridgehead atoms. The SMILES string of the molecule is O=C(Cc1ccc(Cl)cc1Cl)c1cc(F)cc(Br)c1. The summed E-state index contributed by atoms with van der Waals surface area (Å²) in [5, 5.41) is 0.936. The molecule has 0 amide bonds. The van der Waals surface area contributed by atoms with Gasteiger partial charge in [-0.3, -0.25) is 4.79 Å². The number of carbonyl (C=O) groups is 1. The molecule has 0 N–H and O–H groups in total. The fourth-order valence-corrected chi connectivity index (χ4v) is 2.60. The van der Waals surface area contributed by atoms with Crippen LogP contribution >= 0.6 is 39.1 Å². The van der Waals surface area contributed by atoms with Gasteiger partial charge in [0.05, 0.1) is 0 Å². The van der Waals surface area contributed by atoms with Gasteiger partial charge >= 0.3 is 0 Å². The third-order valence-corrected chi connectivity index (χ3v) is 3.60. The number of benzene rings is 2. The fourth-order valence-electron chi connectivity index (χ4n) is 1.65. The first-order valence-electron chi connectivity index (χ1n) is 5.39. The third kappa shape index (κ3) is 3.78. The Morgan fingerprint density at radius 1 is 1.16 bits per heavy atom. The number of Topliss-reactive ketones (excluding diaryl/α,β-unsaturated/α-hetero) is 1. The van der Waals surface area contributed by atoms with Gasteiger partial charge in [-0.15, -0.1) is 0 Å². The van der Waals surface area contributed by atoms with E-state index in [0.29, 0.717) is 25.6 Å². The Kier molecular flexibility index (Phi) is 4.61. The molecule has 0 aliphatic rings. The average molecular weight is 362 g/mol. The van der Waals surface area contributed by atoms with Crippen molar-refractivity contribution in [1.82, 2.24) is 0 Å². The lowest BCUT2D eigenvalue weighted by atomic mass is 10.0. The minimum absolute atomic E-state index is 0.103. The zero-order valence-corrected chi connectivity index (χ0v) is 12.7. The van der Waals surface area contributed by atoms with Crippen LogP contribution in [0.4, 0.5) is 4.39 Å². The van der Waals surface area contributed by atoms with E-state index in [9.17, 15) is 9.18 Å². The molecule has 0 atom stereocenters. The summed E-state index contributed by atoms with van der Waals surface area (Å²) in [4.78, 5) is 12.1. The van der Waals surface area contributed by atoms with Crippen molar-refractivity contribution in [2.75, 3.05) is 0 Å². The Bertz CT molecular complexity index is 623. The molecule has 0 aromatic heterocycles. The first kappa shape index (κ1) is 14.5. The lowest BCUT2D eigenvalue weighted by Crippen LogP contribution is -2.04. The number of carbonyl (C=O) groups excluding carboxylic acids is 1. The van der Waals surface area contributed by atoms with Crippen molar-refractivity contribution in [3.05, 3.63) is 67.9 Å². The highest BCUT2D eigenvalue weighted by molar-refractivity contribution is 9.10. The molecule has 0 fully saturated rings. The molecule has 0 heterocycles. The molecule has 2 aromatic carbocycles. The smallest absolute Gasteiger partial charge is 0.167 e. The summed E-state index contributed by atoms with van der Waals surface area (Å²) in [5.41, 5.74) is 0.967. The summed E-state index contributed by atoms with van der Waals surface area (Å²) < 4.78 is 13.8. The molecule has 0 saturated carbocycles. The maximum atomic E-state index is 13.2. The highest BCUT2D eigenvalue weighted by Gasteiger charge is 2.11. The Balaban J connectivity index is 2.25. The van der Waals surface area contributed by atoms with Crippen LogP contribution in [0.25, 0.3) is 0 Å². The van der Waals surface area contributed by atoms with Gasteiger partial charge in [-0.1, -0.05) is 45.2 Å². The summed E-state index contributed by atoms with van der Waals surface area (Å²) in [6.45, 7) is 0. The van der Waals surface area contributed by atoms with Crippen LogP contribution in [0.3, 0.4) is 0 Å². The van der Waals surface area contributed by atoms with Crippen molar-refractivity contribution in [3.63, 3.8) is 0 Å². The molecular weight excluding hydrogens is 354 g/mol. The first-order valence-corrected chi connectivity index (χ1v) is 6.94. The number of hydrogen-bond donors (Lipinski definition) is 0. The highest BCUT2D eigenvalue weighted by atomic mass is 79.9. The van der Waals surface area contributed by atoms with E-state index in [4.69, 9.17) is 23.2 Å². The van der Waals surface area contributed by atoms with E-state index >= 15 is 0 Å². The van der Waals surface area contributed by atoms with E-state index < -0.39 is 5.82 Å². The van der Waals surface area contributed by atoms with Crippen molar-refractivity contribution in [1.29, 1.82) is 0 Å². The lowest BCUT2D eigenvalue weighted by Gasteiger charge is -2.05. The Morgan fingerprint density at radius 3 is 2.53 bits per heavy atom. The Hall–Kier alpha value is -0.900. The average Bonchev–Trinajstić information content (AvgIpc) is 2.31. The van der Waals surface area contributed by atoms with Gasteiger partial charge in [-0.2, -0.15) is 0 Å². The second-order valence-corrected chi connectivity index (χ2v) is 5.75. The van der Waals surface area contributed by atoms with E-state index in [2.05, 4.69) is 15.9 Å². The Labute approximate surface area is 128 Å². The van der Waals surface area contributed by atoms with Gasteiger partial charge in [-0.25, -0.2) is 4.39 Å². The monoisotopic (exact) mass is 360 g/mol. The predicted molar refractivity (Wildman–Crippen MR) is 78.6 cm³/mol. The van der Waals surface area contributed by atoms with Gasteiger partial charge < -0.3 is 0 Å². The van der Waals surface area contributed by atoms with Crippen LogP contribution in [-0.4, -0.2) is 5.78 Å². The van der Waals surface area contributed by atoms with Crippen LogP contribution in [-0.2, 0) is 6.42 Å². The second-order valence-electron chi connectivity index (χ2n) is 3.99. The molecule has 0 unspecified atom stereocenters. The van der Waals surface area contributed by atoms with Gasteiger partial charge in [0.1, 0.15) is 5.82 Å². The molecule has 2 aromatic rings. The van der Waals surface area contributed by atoms with Gasteiger partial charge in [0.2, 0.25) is 0 Å². The number of ketones is 1. The molecule has 0 spiro atoms. The molecule has 1 nitrogen and oxygen atoms in total. The van der Waals surface area contributed by atoms with E-state index in [1.807, 2.05) is 0 Å². The minimum atomic E-state index is -0.458. The van der Waals surface area contributed by atoms with Crippen molar-refractivity contribution >= 4 is 44.9 Å². The third-order valence-electron chi connectivity index (χ3n) is 2.55. The molecular formula is C14H8BrCl2FO. The topological polar surface area (TPSA) is 17.1 Å². The van der Waals surface area contributed by atoms with Gasteiger partial charge in [0.15, 0.2) is 5.78 Å². The first-order chi connectivity index (χ1) is 8.95. The van der Waals surface area contributed by atoms with Crippen molar-refractivity contribution in [3.8, 4) is 0 Å². The van der Waals surface area contributed by atoms with Gasteiger partial charge in [0, 0.05) is 26.5 Å². The van der Waals surface area contributed by atoms with Crippen molar-refractivity contribution in [2.45, 2.75) is 6.42 Å². The fraction of sp³-hybridized carbons (Fsp3) is 0.0714. The number of rotatable bonds is 3. The van der Waals surface area contributed by atoms with Crippen molar-refractivity contribution < 1.29 is 9.18 Å². The maximum Gasteiger partial charge on any atom is 0.167 e. The molecule has 0 aliphatic heterocycles. The van der Waals surface area contributed by atoms with Crippen LogP contribution in [0.15, 0.2) is 40.9 Å². The standard InChI is InChI=1S/C14H8BrCl2FO/c15-10-3-9(4-12(18)6-10)14(19)5-8-1-2-11(16)7-13(8)17/h1-4,6-7H,5H2. The van der Waals surface area contributed by atoms with Gasteiger partial charge in [0.25, 0.3) is 0 Å². The van der Waals surface area contributed by atoms with E-state index in [1.54, 1.807) is 24.3 Å². The van der Waals surface area contributed by atoms with Crippen LogP contribution in [0.1, 0.15) is 15.9 Å². The normalized spacial score (nSPS) is 10.5. The van der Waals surface area contributed by atoms with Crippen LogP contribution in [0.5, 0.6) is 0 Å². The number of halogens is 4. The van der Waals surface area contributed by atoms with Gasteiger partial charge in [-0.05, 0) is 35.9 Å². The summed E-state index contributed by atoms with van der Waals surface area (Å²) >= 11 is 14.9. The summed E-state index contributed by atoms with van der Waals surface area (Å²) in [6, 6.07) is 9.01. The van der Waals surface area contributed by atoms with Crippen LogP contribution in [0, 0.1) is 5.82 Å². The Morgan fingerprint density at radius 2 is 1.89 bits per heavy atom. The van der Waals surface area contributed by atoms with E-state index in [0.717, 1.165) is 0 Å². The minimum Gasteiger partial charge on any atom is -0.294 e. The summed E-state index contributed by atoms with van der Waals surface area (Å²) in [5.74, 6) is -0.663. The van der Waals surface area contributed by atoms with Crippen LogP contribution < -0.4 is 0 Å². The van der Waals surface area contributed by atoms with E-state index in [1.165, 1.54) is 12.1 Å². The summed E-state index contributed by atoms with van der Waals surface area (Å²) in [6.07, 6.45) is 0.103. The maximum absolute atomic E-state index is 13.2. The molecule has 2 rings (SSSR count). The molecule has 0 aliphatic carbocycles. The molecule has 19 heavy (non-hydrogen) atoms. The second kappa shape index (κ2) is 6.04. The highest BCUT2D eigenvalue weighted by Crippen LogP contribution is 2.23. The quantitative estimate of drug-likeness (QED) is 0.676. The predicted octanol–water partition coefficient (Wildman–Crippen LogP) is 5.32. The molecule has 5 heteroatoms. The largest absolute Gasteiger partial charge is 0.294 e.